The summed E-state index contributed by atoms with van der Waals surface area (Å²) < 4.78 is 37.1. The molecule has 4 aliphatic rings. The predicted octanol–water partition coefficient (Wildman–Crippen LogP) is 8.42. The van der Waals surface area contributed by atoms with Crippen LogP contribution in [0.3, 0.4) is 0 Å². The molecule has 4 unspecified atom stereocenters. The number of nitrogens with one attached hydrogen (secondary N) is 1. The van der Waals surface area contributed by atoms with E-state index in [-0.39, 0.29) is 5.92 Å². The molecule has 0 aromatic carbocycles. The minimum absolute atomic E-state index is 0.0403. The van der Waals surface area contributed by atoms with Crippen molar-refractivity contribution in [2.45, 2.75) is 131 Å². The maximum atomic E-state index is 11.4. The van der Waals surface area contributed by atoms with Gasteiger partial charge in [-0.15, -0.1) is 0 Å². The van der Waals surface area contributed by atoms with Gasteiger partial charge in [-0.1, -0.05) is 39.7 Å². The van der Waals surface area contributed by atoms with Crippen molar-refractivity contribution in [3.63, 3.8) is 0 Å². The lowest BCUT2D eigenvalue weighted by Crippen LogP contribution is -2.53. The highest BCUT2D eigenvalue weighted by Gasteiger charge is 2.60. The smallest absolute Gasteiger partial charge is 0.317 e. The van der Waals surface area contributed by atoms with E-state index < -0.39 is 16.5 Å². The fourth-order valence-corrected chi connectivity index (χ4v) is 11.1. The average Bonchev–Trinajstić information content (AvgIpc) is 3.32. The Morgan fingerprint density at radius 3 is 2.45 bits per heavy atom. The van der Waals surface area contributed by atoms with E-state index in [4.69, 9.17) is 14.7 Å². The van der Waals surface area contributed by atoms with Crippen LogP contribution in [0.2, 0.25) is 0 Å². The van der Waals surface area contributed by atoms with Gasteiger partial charge in [-0.25, -0.2) is 4.18 Å². The summed E-state index contributed by atoms with van der Waals surface area (Å²) in [5, 5.41) is 7.08. The van der Waals surface area contributed by atoms with Crippen LogP contribution in [0.4, 0.5) is 0 Å². The Hall–Kier alpha value is -1.19. The van der Waals surface area contributed by atoms with Gasteiger partial charge in [-0.3, -0.25) is 9.55 Å². The first kappa shape index (κ1) is 35.7. The van der Waals surface area contributed by atoms with Crippen LogP contribution in [0.25, 0.3) is 10.4 Å². The summed E-state index contributed by atoms with van der Waals surface area (Å²) >= 11 is 0. The van der Waals surface area contributed by atoms with E-state index in [2.05, 4.69) is 36.1 Å². The second-order valence-corrected chi connectivity index (χ2v) is 16.7. The molecule has 0 bridgehead atoms. The molecule has 0 heterocycles. The monoisotopic (exact) mass is 635 g/mol. The van der Waals surface area contributed by atoms with E-state index in [0.717, 1.165) is 69.0 Å². The molecule has 0 aromatic rings. The van der Waals surface area contributed by atoms with Crippen molar-refractivity contribution in [3.05, 3.63) is 10.4 Å². The summed E-state index contributed by atoms with van der Waals surface area (Å²) in [4.78, 5) is 7.89. The van der Waals surface area contributed by atoms with Crippen LogP contribution in [-0.4, -0.2) is 51.0 Å². The van der Waals surface area contributed by atoms with Crippen molar-refractivity contribution in [2.24, 2.45) is 62.4 Å². The lowest BCUT2D eigenvalue weighted by molar-refractivity contribution is -0.105. The number of rotatable bonds is 16. The molecule has 0 amide bonds. The van der Waals surface area contributed by atoms with Crippen molar-refractivity contribution in [3.8, 4) is 0 Å². The molecular weight excluding hydrogens is 574 g/mol. The molecular formula is C34H61N5O4S. The average molecular weight is 636 g/mol. The molecule has 4 aliphatic carbocycles. The molecule has 0 aromatic heterocycles. The predicted molar refractivity (Wildman–Crippen MR) is 178 cm³/mol. The lowest BCUT2D eigenvalue weighted by atomic mass is 9.44. The number of unbranched alkanes of at least 4 members (excludes halogenated alkanes) is 1. The Bertz CT molecular complexity index is 1120. The fraction of sp³-hybridized carbons (Fsp3) is 0.971. The first-order valence-electron chi connectivity index (χ1n) is 17.8. The zero-order valence-electron chi connectivity index (χ0n) is 28.2. The Labute approximate surface area is 267 Å². The van der Waals surface area contributed by atoms with E-state index in [0.29, 0.717) is 35.6 Å². The zero-order chi connectivity index (χ0) is 32.0. The Balaban J connectivity index is 1.27. The maximum Gasteiger partial charge on any atom is 0.397 e. The second-order valence-electron chi connectivity index (χ2n) is 15.7. The molecule has 252 valence electrons. The van der Waals surface area contributed by atoms with Gasteiger partial charge in [0.15, 0.2) is 0 Å². The van der Waals surface area contributed by atoms with Crippen LogP contribution in [0, 0.1) is 52.3 Å². The van der Waals surface area contributed by atoms with Crippen molar-refractivity contribution < 1.29 is 17.2 Å². The number of hydrogen-bond donors (Lipinski definition) is 2. The SMILES string of the molecule is CC(CC[C@@H](OS(=O)(=O)O)C(C)C)[C@H]1CCC2C3CC[C@H]4C/C(=N/CCCNCCCCN=[N+]=[N-])CC[C@]4(C)C3CC[C@@]21C. The number of nitrogens with zero attached hydrogens (tertiary/aromatic N) is 4. The van der Waals surface area contributed by atoms with E-state index in [1.807, 2.05) is 13.8 Å². The van der Waals surface area contributed by atoms with Crippen LogP contribution in [0.5, 0.6) is 0 Å². The van der Waals surface area contributed by atoms with Gasteiger partial charge in [-0.2, -0.15) is 8.42 Å². The van der Waals surface area contributed by atoms with Crippen LogP contribution in [-0.2, 0) is 14.6 Å². The molecule has 9 atom stereocenters. The van der Waals surface area contributed by atoms with E-state index in [1.54, 1.807) is 0 Å². The molecule has 10 heteroatoms. The first-order valence-corrected chi connectivity index (χ1v) is 19.1. The van der Waals surface area contributed by atoms with Gasteiger partial charge < -0.3 is 5.32 Å². The van der Waals surface area contributed by atoms with E-state index >= 15 is 0 Å². The third-order valence-corrected chi connectivity index (χ3v) is 13.4. The van der Waals surface area contributed by atoms with E-state index in [9.17, 15) is 13.0 Å². The topological polar surface area (TPSA) is 137 Å². The van der Waals surface area contributed by atoms with Gasteiger partial charge in [-0.05, 0) is 161 Å². The summed E-state index contributed by atoms with van der Waals surface area (Å²) in [6.45, 7) is 15.0. The van der Waals surface area contributed by atoms with Gasteiger partial charge >= 0.3 is 10.4 Å². The highest BCUT2D eigenvalue weighted by Crippen LogP contribution is 2.68. The summed E-state index contributed by atoms with van der Waals surface area (Å²) in [5.74, 6) is 4.51. The molecule has 0 aliphatic heterocycles. The summed E-state index contributed by atoms with van der Waals surface area (Å²) in [6.07, 6.45) is 15.9. The van der Waals surface area contributed by atoms with Gasteiger partial charge in [0.2, 0.25) is 0 Å². The zero-order valence-corrected chi connectivity index (χ0v) is 29.0. The number of aliphatic imine (C=N–C) groups is 1. The third-order valence-electron chi connectivity index (χ3n) is 12.9. The molecule has 0 saturated heterocycles. The summed E-state index contributed by atoms with van der Waals surface area (Å²) in [6, 6.07) is 0. The van der Waals surface area contributed by atoms with E-state index in [1.165, 1.54) is 63.5 Å². The van der Waals surface area contributed by atoms with Crippen molar-refractivity contribution >= 4 is 16.1 Å². The van der Waals surface area contributed by atoms with Crippen LogP contribution < -0.4 is 5.32 Å². The van der Waals surface area contributed by atoms with Crippen LogP contribution >= 0.6 is 0 Å². The highest BCUT2D eigenvalue weighted by atomic mass is 32.3. The number of azide groups is 1. The highest BCUT2D eigenvalue weighted by molar-refractivity contribution is 7.80. The van der Waals surface area contributed by atoms with Crippen molar-refractivity contribution in [2.75, 3.05) is 26.2 Å². The van der Waals surface area contributed by atoms with Crippen LogP contribution in [0.1, 0.15) is 125 Å². The van der Waals surface area contributed by atoms with Gasteiger partial charge in [0.25, 0.3) is 0 Å². The number of fused-ring (bicyclic) bond motifs is 5. The first-order chi connectivity index (χ1) is 20.9. The van der Waals surface area contributed by atoms with Crippen LogP contribution in [0.15, 0.2) is 10.1 Å². The largest absolute Gasteiger partial charge is 0.397 e. The summed E-state index contributed by atoms with van der Waals surface area (Å²) in [5.41, 5.74) is 10.6. The Morgan fingerprint density at radius 2 is 1.73 bits per heavy atom. The number of hydrogen-bond acceptors (Lipinski definition) is 6. The molecule has 0 spiro atoms. The van der Waals surface area contributed by atoms with Gasteiger partial charge in [0.05, 0.1) is 6.10 Å². The molecule has 4 rings (SSSR count). The fourth-order valence-electron chi connectivity index (χ4n) is 10.5. The third kappa shape index (κ3) is 8.58. The van der Waals surface area contributed by atoms with Crippen molar-refractivity contribution in [1.82, 2.24) is 5.32 Å². The minimum Gasteiger partial charge on any atom is -0.317 e. The molecule has 44 heavy (non-hydrogen) atoms. The minimum atomic E-state index is -4.43. The van der Waals surface area contributed by atoms with Crippen molar-refractivity contribution in [1.29, 1.82) is 0 Å². The lowest BCUT2D eigenvalue weighted by Gasteiger charge is -2.61. The Morgan fingerprint density at radius 1 is 0.977 bits per heavy atom. The molecule has 0 radical (unpaired) electrons. The normalized spacial score (nSPS) is 35.9. The molecule has 4 saturated carbocycles. The molecule has 9 nitrogen and oxygen atoms in total. The maximum absolute atomic E-state index is 11.4. The summed E-state index contributed by atoms with van der Waals surface area (Å²) in [7, 11) is -4.43. The molecule has 4 fully saturated rings. The Kier molecular flexibility index (Phi) is 12.6. The van der Waals surface area contributed by atoms with Gasteiger partial charge in [0.1, 0.15) is 0 Å². The standard InChI is InChI=1S/C34H61N5O4S/c1-24(2)32(43-44(40,41)42)14-9-25(3)29-12-13-30-28-11-10-26-23-27(37-21-8-20-36-19-6-7-22-38-39-35)15-17-33(26,4)31(28)16-18-34(29,30)5/h24-26,28-32,36H,6-23H2,1-5H3,(H,40,41,42)/b37-27+/t25?,26-,28?,29+,30?,31?,32+,33-,34+/m0/s1. The second kappa shape index (κ2) is 15.6. The van der Waals surface area contributed by atoms with Gasteiger partial charge in [0, 0.05) is 23.7 Å². The molecule has 2 N–H and O–H groups in total. The quantitative estimate of drug-likeness (QED) is 0.0577.